The largest absolute Gasteiger partial charge is 0.507 e. The Hall–Kier alpha value is -3.58. The number of hydrogen-bond donors (Lipinski definition) is 1. The number of ketones is 1. The van der Waals surface area contributed by atoms with Gasteiger partial charge in [-0.15, -0.1) is 11.3 Å². The number of Topliss-reactive ketones (excluding diaryl/α,β-unsaturated/α-hetero) is 1. The minimum absolute atomic E-state index is 0.0970. The summed E-state index contributed by atoms with van der Waals surface area (Å²) in [5.74, 6) is -0.434. The summed E-state index contributed by atoms with van der Waals surface area (Å²) in [7, 11) is 1.95. The Labute approximate surface area is 202 Å². The van der Waals surface area contributed by atoms with Crippen LogP contribution in [0.2, 0.25) is 0 Å². The number of hydrogen-bond acceptors (Lipinski definition) is 6. The van der Waals surface area contributed by atoms with Crippen LogP contribution in [0.1, 0.15) is 41.8 Å². The number of rotatable bonds is 4. The van der Waals surface area contributed by atoms with Crippen molar-refractivity contribution in [2.24, 2.45) is 0 Å². The van der Waals surface area contributed by atoms with E-state index in [0.717, 1.165) is 28.4 Å². The number of thiophene rings is 1. The van der Waals surface area contributed by atoms with Crippen LogP contribution in [0.5, 0.6) is 5.75 Å². The Morgan fingerprint density at radius 2 is 1.88 bits per heavy atom. The normalized spacial score (nSPS) is 19.5. The fourth-order valence-corrected chi connectivity index (χ4v) is 5.31. The number of carbonyl (C=O) groups is 2. The van der Waals surface area contributed by atoms with Crippen LogP contribution in [0.4, 0.5) is 11.4 Å². The van der Waals surface area contributed by atoms with Crippen molar-refractivity contribution < 1.29 is 19.4 Å². The second-order valence-corrected chi connectivity index (χ2v) is 9.86. The molecular weight excluding hydrogens is 448 g/mol. The molecule has 0 spiro atoms. The lowest BCUT2D eigenvalue weighted by Crippen LogP contribution is -2.29. The highest BCUT2D eigenvalue weighted by Crippen LogP contribution is 2.44. The first kappa shape index (κ1) is 22.2. The number of ether oxygens (including phenoxy) is 1. The summed E-state index contributed by atoms with van der Waals surface area (Å²) in [6.07, 6.45) is 0. The Bertz CT molecular complexity index is 1280. The molecule has 1 atom stereocenters. The SMILES string of the molecule is CC(C)c1ccc(N2C(=O)C(=O)/C(=C(\O)c3ccc4c(c3)N(C)CCO4)C2c2cccs2)cc1. The molecule has 0 radical (unpaired) electrons. The molecule has 1 unspecified atom stereocenters. The van der Waals surface area contributed by atoms with Crippen LogP contribution in [0.15, 0.2) is 65.6 Å². The highest BCUT2D eigenvalue weighted by atomic mass is 32.1. The number of aliphatic hydroxyl groups is 1. The molecule has 1 N–H and O–H groups in total. The second-order valence-electron chi connectivity index (χ2n) is 8.88. The van der Waals surface area contributed by atoms with Gasteiger partial charge in [-0.1, -0.05) is 32.0 Å². The zero-order chi connectivity index (χ0) is 24.0. The first-order valence-corrected chi connectivity index (χ1v) is 12.2. The number of aliphatic hydroxyl groups excluding tert-OH is 1. The van der Waals surface area contributed by atoms with Crippen molar-refractivity contribution in [1.82, 2.24) is 0 Å². The van der Waals surface area contributed by atoms with E-state index in [1.165, 1.54) is 16.2 Å². The molecule has 7 heteroatoms. The topological polar surface area (TPSA) is 70.1 Å². The summed E-state index contributed by atoms with van der Waals surface area (Å²) in [4.78, 5) is 30.9. The van der Waals surface area contributed by atoms with Crippen molar-refractivity contribution >= 4 is 40.2 Å². The number of amides is 1. The maximum Gasteiger partial charge on any atom is 0.300 e. The molecule has 1 amide bonds. The quantitative estimate of drug-likeness (QED) is 0.315. The molecule has 5 rings (SSSR count). The van der Waals surface area contributed by atoms with Crippen LogP contribution in [-0.2, 0) is 9.59 Å². The van der Waals surface area contributed by atoms with Crippen LogP contribution in [0, 0.1) is 0 Å². The third kappa shape index (κ3) is 3.66. The van der Waals surface area contributed by atoms with Gasteiger partial charge in [0.2, 0.25) is 0 Å². The van der Waals surface area contributed by atoms with Gasteiger partial charge in [0.15, 0.2) is 0 Å². The number of carbonyl (C=O) groups excluding carboxylic acids is 2. The van der Waals surface area contributed by atoms with Crippen molar-refractivity contribution in [3.63, 3.8) is 0 Å². The van der Waals surface area contributed by atoms with Crippen LogP contribution < -0.4 is 14.5 Å². The van der Waals surface area contributed by atoms with Gasteiger partial charge in [0.1, 0.15) is 24.2 Å². The lowest BCUT2D eigenvalue weighted by atomic mass is 9.98. The number of benzene rings is 2. The second kappa shape index (κ2) is 8.65. The highest BCUT2D eigenvalue weighted by molar-refractivity contribution is 7.10. The Balaban J connectivity index is 1.64. The highest BCUT2D eigenvalue weighted by Gasteiger charge is 2.47. The first-order valence-electron chi connectivity index (χ1n) is 11.3. The Morgan fingerprint density at radius 3 is 2.56 bits per heavy atom. The molecular formula is C27H26N2O4S. The molecule has 34 heavy (non-hydrogen) atoms. The molecule has 2 aliphatic heterocycles. The maximum atomic E-state index is 13.3. The lowest BCUT2D eigenvalue weighted by molar-refractivity contribution is -0.132. The molecule has 0 bridgehead atoms. The van der Waals surface area contributed by atoms with Crippen LogP contribution in [-0.4, -0.2) is 37.0 Å². The molecule has 1 saturated heterocycles. The van der Waals surface area contributed by atoms with E-state index in [1.54, 1.807) is 18.2 Å². The van der Waals surface area contributed by atoms with Gasteiger partial charge in [-0.2, -0.15) is 0 Å². The van der Waals surface area contributed by atoms with E-state index in [0.29, 0.717) is 23.8 Å². The maximum absolute atomic E-state index is 13.3. The van der Waals surface area contributed by atoms with E-state index >= 15 is 0 Å². The number of likely N-dealkylation sites (N-methyl/N-ethyl adjacent to an activating group) is 1. The molecule has 0 saturated carbocycles. The van der Waals surface area contributed by atoms with Gasteiger partial charge < -0.3 is 14.7 Å². The zero-order valence-corrected chi connectivity index (χ0v) is 20.1. The third-order valence-electron chi connectivity index (χ3n) is 6.42. The molecule has 174 valence electrons. The van der Waals surface area contributed by atoms with Crippen molar-refractivity contribution in [2.75, 3.05) is 30.0 Å². The van der Waals surface area contributed by atoms with Gasteiger partial charge in [-0.05, 0) is 53.3 Å². The minimum atomic E-state index is -0.699. The van der Waals surface area contributed by atoms with Crippen LogP contribution >= 0.6 is 11.3 Å². The van der Waals surface area contributed by atoms with E-state index < -0.39 is 17.7 Å². The van der Waals surface area contributed by atoms with Crippen molar-refractivity contribution in [3.8, 4) is 5.75 Å². The number of nitrogens with zero attached hydrogens (tertiary/aromatic N) is 2. The molecule has 1 aromatic heterocycles. The third-order valence-corrected chi connectivity index (χ3v) is 7.35. The zero-order valence-electron chi connectivity index (χ0n) is 19.3. The summed E-state index contributed by atoms with van der Waals surface area (Å²) in [6, 6.07) is 16.1. The predicted octanol–water partition coefficient (Wildman–Crippen LogP) is 5.33. The van der Waals surface area contributed by atoms with Gasteiger partial charge >= 0.3 is 0 Å². The van der Waals surface area contributed by atoms with Crippen molar-refractivity contribution in [1.29, 1.82) is 0 Å². The van der Waals surface area contributed by atoms with E-state index in [2.05, 4.69) is 13.8 Å². The standard InChI is InChI=1S/C27H26N2O4S/c1-16(2)17-6-9-19(10-7-17)29-24(22-5-4-14-34-22)23(26(31)27(29)32)25(30)18-8-11-21-20(15-18)28(3)12-13-33-21/h4-11,14-16,24,30H,12-13H2,1-3H3/b25-23-. The summed E-state index contributed by atoms with van der Waals surface area (Å²) in [6.45, 7) is 5.53. The molecule has 6 nitrogen and oxygen atoms in total. The summed E-state index contributed by atoms with van der Waals surface area (Å²) >= 11 is 1.45. The molecule has 3 heterocycles. The minimum Gasteiger partial charge on any atom is -0.507 e. The fourth-order valence-electron chi connectivity index (χ4n) is 4.49. The van der Waals surface area contributed by atoms with E-state index in [4.69, 9.17) is 4.74 Å². The molecule has 1 fully saturated rings. The van der Waals surface area contributed by atoms with Gasteiger partial charge in [0, 0.05) is 23.2 Å². The van der Waals surface area contributed by atoms with E-state index in [9.17, 15) is 14.7 Å². The van der Waals surface area contributed by atoms with Crippen LogP contribution in [0.25, 0.3) is 5.76 Å². The summed E-state index contributed by atoms with van der Waals surface area (Å²) in [5.41, 5.74) is 3.18. The van der Waals surface area contributed by atoms with Gasteiger partial charge in [-0.25, -0.2) is 0 Å². The molecule has 2 aliphatic rings. The Morgan fingerprint density at radius 1 is 1.12 bits per heavy atom. The smallest absolute Gasteiger partial charge is 0.300 e. The van der Waals surface area contributed by atoms with Crippen LogP contribution in [0.3, 0.4) is 0 Å². The Kier molecular flexibility index (Phi) is 5.65. The molecule has 2 aromatic carbocycles. The van der Waals surface area contributed by atoms with Gasteiger partial charge in [-0.3, -0.25) is 14.5 Å². The molecule has 3 aromatic rings. The van der Waals surface area contributed by atoms with Gasteiger partial charge in [0.05, 0.1) is 17.8 Å². The van der Waals surface area contributed by atoms with Crippen molar-refractivity contribution in [2.45, 2.75) is 25.8 Å². The molecule has 0 aliphatic carbocycles. The number of anilines is 2. The van der Waals surface area contributed by atoms with E-state index in [-0.39, 0.29) is 11.3 Å². The summed E-state index contributed by atoms with van der Waals surface area (Å²) < 4.78 is 5.71. The monoisotopic (exact) mass is 474 g/mol. The first-order chi connectivity index (χ1) is 16.4. The average Bonchev–Trinajstić information content (AvgIpc) is 3.46. The van der Waals surface area contributed by atoms with Gasteiger partial charge in [0.25, 0.3) is 11.7 Å². The van der Waals surface area contributed by atoms with E-state index in [1.807, 2.05) is 53.7 Å². The average molecular weight is 475 g/mol. The lowest BCUT2D eigenvalue weighted by Gasteiger charge is -2.28. The summed E-state index contributed by atoms with van der Waals surface area (Å²) in [5, 5.41) is 13.3. The fraction of sp³-hybridized carbons (Fsp3) is 0.259. The predicted molar refractivity (Wildman–Crippen MR) is 135 cm³/mol. The number of fused-ring (bicyclic) bond motifs is 1. The van der Waals surface area contributed by atoms with Crippen molar-refractivity contribution in [3.05, 3.63) is 81.6 Å².